The molecule has 0 radical (unpaired) electrons. The third-order valence-electron chi connectivity index (χ3n) is 3.66. The molecule has 0 bridgehead atoms. The van der Waals surface area contributed by atoms with Gasteiger partial charge >= 0.3 is 0 Å². The monoisotopic (exact) mass is 296 g/mol. The van der Waals surface area contributed by atoms with Gasteiger partial charge in [0.25, 0.3) is 5.91 Å². The molecule has 0 saturated carbocycles. The van der Waals surface area contributed by atoms with Gasteiger partial charge in [-0.15, -0.1) is 11.3 Å². The molecule has 1 amide bonds. The first-order valence-electron chi connectivity index (χ1n) is 6.72. The number of nitrogens with one attached hydrogen (secondary N) is 1. The minimum Gasteiger partial charge on any atom is -0.397 e. The van der Waals surface area contributed by atoms with Gasteiger partial charge in [-0.1, -0.05) is 24.3 Å². The summed E-state index contributed by atoms with van der Waals surface area (Å²) >= 11 is 1.49. The number of fused-ring (bicyclic) bond motifs is 1. The first-order chi connectivity index (χ1) is 10.1. The van der Waals surface area contributed by atoms with Crippen molar-refractivity contribution in [2.45, 2.75) is 13.8 Å². The van der Waals surface area contributed by atoms with Gasteiger partial charge in [0.05, 0.1) is 16.3 Å². The third kappa shape index (κ3) is 2.50. The molecular formula is C17H16N2OS. The fourth-order valence-corrected chi connectivity index (χ4v) is 3.23. The van der Waals surface area contributed by atoms with Crippen molar-refractivity contribution in [3.8, 4) is 0 Å². The Labute approximate surface area is 127 Å². The van der Waals surface area contributed by atoms with Crippen molar-refractivity contribution in [2.24, 2.45) is 0 Å². The highest BCUT2D eigenvalue weighted by Gasteiger charge is 2.13. The summed E-state index contributed by atoms with van der Waals surface area (Å²) in [7, 11) is 0. The molecule has 4 heteroatoms. The molecule has 0 atom stereocenters. The van der Waals surface area contributed by atoms with Crippen LogP contribution in [-0.2, 0) is 0 Å². The van der Waals surface area contributed by atoms with Crippen LogP contribution in [0.2, 0.25) is 0 Å². The quantitative estimate of drug-likeness (QED) is 0.691. The van der Waals surface area contributed by atoms with Crippen LogP contribution in [0, 0.1) is 13.8 Å². The Kier molecular flexibility index (Phi) is 3.39. The van der Waals surface area contributed by atoms with E-state index >= 15 is 0 Å². The van der Waals surface area contributed by atoms with Crippen LogP contribution in [0.5, 0.6) is 0 Å². The van der Waals surface area contributed by atoms with Gasteiger partial charge in [-0.05, 0) is 48.6 Å². The number of carbonyl (C=O) groups is 1. The number of benzene rings is 2. The maximum atomic E-state index is 12.4. The van der Waals surface area contributed by atoms with Crippen molar-refractivity contribution < 1.29 is 4.79 Å². The lowest BCUT2D eigenvalue weighted by Crippen LogP contribution is -2.13. The Hall–Kier alpha value is -2.33. The molecule has 0 aliphatic heterocycles. The average molecular weight is 296 g/mol. The fraction of sp³-hybridized carbons (Fsp3) is 0.118. The van der Waals surface area contributed by atoms with Crippen molar-refractivity contribution in [1.82, 2.24) is 0 Å². The standard InChI is InChI=1S/C17H16N2OS/c1-10-7-8-13(18)16(11(10)2)19-17(20)15-9-12-5-3-4-6-14(12)21-15/h3-9H,18H2,1-2H3,(H,19,20). The predicted molar refractivity (Wildman–Crippen MR) is 90.1 cm³/mol. The largest absolute Gasteiger partial charge is 0.397 e. The molecule has 0 spiro atoms. The summed E-state index contributed by atoms with van der Waals surface area (Å²) in [6.07, 6.45) is 0. The Morgan fingerprint density at radius 1 is 1.14 bits per heavy atom. The molecule has 0 aliphatic rings. The predicted octanol–water partition coefficient (Wildman–Crippen LogP) is 4.35. The lowest BCUT2D eigenvalue weighted by molar-refractivity contribution is 0.103. The normalized spacial score (nSPS) is 10.8. The minimum atomic E-state index is -0.114. The summed E-state index contributed by atoms with van der Waals surface area (Å²) in [5, 5.41) is 4.03. The van der Waals surface area contributed by atoms with Crippen molar-refractivity contribution in [1.29, 1.82) is 0 Å². The zero-order valence-corrected chi connectivity index (χ0v) is 12.8. The highest BCUT2D eigenvalue weighted by Crippen LogP contribution is 2.29. The highest BCUT2D eigenvalue weighted by molar-refractivity contribution is 7.20. The van der Waals surface area contributed by atoms with Crippen molar-refractivity contribution in [3.63, 3.8) is 0 Å². The highest BCUT2D eigenvalue weighted by atomic mass is 32.1. The molecule has 3 rings (SSSR count). The summed E-state index contributed by atoms with van der Waals surface area (Å²) < 4.78 is 1.11. The van der Waals surface area contributed by atoms with Crippen LogP contribution in [0.1, 0.15) is 20.8 Å². The van der Waals surface area contributed by atoms with Crippen LogP contribution in [0.3, 0.4) is 0 Å². The van der Waals surface area contributed by atoms with E-state index in [0.717, 1.165) is 21.2 Å². The van der Waals surface area contributed by atoms with Gasteiger partial charge in [0.15, 0.2) is 0 Å². The number of rotatable bonds is 2. The van der Waals surface area contributed by atoms with Crippen molar-refractivity contribution in [3.05, 3.63) is 58.5 Å². The summed E-state index contributed by atoms with van der Waals surface area (Å²) in [4.78, 5) is 13.1. The molecule has 106 valence electrons. The van der Waals surface area contributed by atoms with Crippen LogP contribution < -0.4 is 11.1 Å². The number of carbonyl (C=O) groups excluding carboxylic acids is 1. The first-order valence-corrected chi connectivity index (χ1v) is 7.53. The number of hydrogen-bond donors (Lipinski definition) is 2. The van der Waals surface area contributed by atoms with Crippen molar-refractivity contribution >= 4 is 38.7 Å². The molecule has 2 aromatic carbocycles. The molecule has 0 aliphatic carbocycles. The molecule has 1 heterocycles. The van der Waals surface area contributed by atoms with Crippen LogP contribution in [0.4, 0.5) is 11.4 Å². The van der Waals surface area contributed by atoms with E-state index in [0.29, 0.717) is 16.3 Å². The Bertz CT molecular complexity index is 803. The molecular weight excluding hydrogens is 280 g/mol. The number of amides is 1. The zero-order valence-electron chi connectivity index (χ0n) is 11.9. The molecule has 21 heavy (non-hydrogen) atoms. The second kappa shape index (κ2) is 5.22. The number of nitrogen functional groups attached to an aromatic ring is 1. The average Bonchev–Trinajstić information content (AvgIpc) is 2.91. The lowest BCUT2D eigenvalue weighted by Gasteiger charge is -2.12. The Morgan fingerprint density at radius 3 is 2.67 bits per heavy atom. The van der Waals surface area contributed by atoms with Gasteiger partial charge in [-0.2, -0.15) is 0 Å². The van der Waals surface area contributed by atoms with Gasteiger partial charge in [-0.25, -0.2) is 0 Å². The summed E-state index contributed by atoms with van der Waals surface area (Å²) in [5.74, 6) is -0.114. The number of anilines is 2. The number of aryl methyl sites for hydroxylation is 1. The van der Waals surface area contributed by atoms with Crippen molar-refractivity contribution in [2.75, 3.05) is 11.1 Å². The van der Waals surface area contributed by atoms with E-state index in [9.17, 15) is 4.79 Å². The van der Waals surface area contributed by atoms with Crippen LogP contribution >= 0.6 is 11.3 Å². The number of thiophene rings is 1. The van der Waals surface area contributed by atoms with E-state index in [1.165, 1.54) is 11.3 Å². The molecule has 0 fully saturated rings. The van der Waals surface area contributed by atoms with Gasteiger partial charge < -0.3 is 11.1 Å². The van der Waals surface area contributed by atoms with Gasteiger partial charge in [0.1, 0.15) is 0 Å². The van der Waals surface area contributed by atoms with Gasteiger partial charge in [0.2, 0.25) is 0 Å². The second-order valence-electron chi connectivity index (χ2n) is 5.07. The van der Waals surface area contributed by atoms with E-state index in [-0.39, 0.29) is 5.91 Å². The molecule has 1 aromatic heterocycles. The first kappa shape index (κ1) is 13.6. The second-order valence-corrected chi connectivity index (χ2v) is 6.16. The van der Waals surface area contributed by atoms with Crippen LogP contribution in [0.25, 0.3) is 10.1 Å². The minimum absolute atomic E-state index is 0.114. The third-order valence-corrected chi connectivity index (χ3v) is 4.77. The van der Waals surface area contributed by atoms with Crippen LogP contribution in [-0.4, -0.2) is 5.91 Å². The maximum Gasteiger partial charge on any atom is 0.265 e. The summed E-state index contributed by atoms with van der Waals surface area (Å²) in [6, 6.07) is 13.7. The number of hydrogen-bond acceptors (Lipinski definition) is 3. The molecule has 0 saturated heterocycles. The Balaban J connectivity index is 1.95. The smallest absolute Gasteiger partial charge is 0.265 e. The molecule has 3 aromatic rings. The van der Waals surface area contributed by atoms with Gasteiger partial charge in [0, 0.05) is 4.70 Å². The van der Waals surface area contributed by atoms with Crippen LogP contribution in [0.15, 0.2) is 42.5 Å². The Morgan fingerprint density at radius 2 is 1.90 bits per heavy atom. The van der Waals surface area contributed by atoms with E-state index in [2.05, 4.69) is 5.32 Å². The van der Waals surface area contributed by atoms with E-state index in [1.807, 2.05) is 56.3 Å². The number of nitrogens with two attached hydrogens (primary N) is 1. The van der Waals surface area contributed by atoms with E-state index < -0.39 is 0 Å². The zero-order chi connectivity index (χ0) is 15.0. The SMILES string of the molecule is Cc1ccc(N)c(NC(=O)c2cc3ccccc3s2)c1C. The molecule has 0 unspecified atom stereocenters. The topological polar surface area (TPSA) is 55.1 Å². The summed E-state index contributed by atoms with van der Waals surface area (Å²) in [5.41, 5.74) is 9.39. The molecule has 3 N–H and O–H groups in total. The maximum absolute atomic E-state index is 12.4. The lowest BCUT2D eigenvalue weighted by atomic mass is 10.1. The fourth-order valence-electron chi connectivity index (χ4n) is 2.27. The van der Waals surface area contributed by atoms with E-state index in [4.69, 9.17) is 5.73 Å². The summed E-state index contributed by atoms with van der Waals surface area (Å²) in [6.45, 7) is 3.97. The molecule has 3 nitrogen and oxygen atoms in total. The van der Waals surface area contributed by atoms with E-state index in [1.54, 1.807) is 0 Å². The van der Waals surface area contributed by atoms with Gasteiger partial charge in [-0.3, -0.25) is 4.79 Å².